The van der Waals surface area contributed by atoms with Crippen LogP contribution in [0.15, 0.2) is 12.7 Å². The van der Waals surface area contributed by atoms with E-state index >= 15 is 0 Å². The van der Waals surface area contributed by atoms with Crippen LogP contribution in [0, 0.1) is 0 Å². The molecular formula is C18H38ClNO6Si2. The van der Waals surface area contributed by atoms with Crippen LogP contribution in [0.25, 0.3) is 0 Å². The molecule has 0 aromatic carbocycles. The van der Waals surface area contributed by atoms with Crippen molar-refractivity contribution in [3.63, 3.8) is 0 Å². The Morgan fingerprint density at radius 2 is 1.75 bits per heavy atom. The molecule has 0 aromatic heterocycles. The molecule has 0 spiro atoms. The van der Waals surface area contributed by atoms with E-state index in [0.717, 1.165) is 19.4 Å². The molecule has 0 radical (unpaired) electrons. The number of nitrogens with one attached hydrogen (secondary N) is 1. The summed E-state index contributed by atoms with van der Waals surface area (Å²) in [5, 5.41) is 2.81. The van der Waals surface area contributed by atoms with Crippen molar-refractivity contribution in [1.29, 1.82) is 0 Å². The summed E-state index contributed by atoms with van der Waals surface area (Å²) in [5.41, 5.74) is 0. The molecule has 10 heteroatoms. The van der Waals surface area contributed by atoms with Gasteiger partial charge < -0.3 is 28.1 Å². The number of hydrogen-bond donors (Lipinski definition) is 1. The summed E-state index contributed by atoms with van der Waals surface area (Å²) >= 11 is 6.01. The quantitative estimate of drug-likeness (QED) is 0.177. The summed E-state index contributed by atoms with van der Waals surface area (Å²) < 4.78 is 27.2. The highest BCUT2D eigenvalue weighted by atomic mass is 35.6. The zero-order valence-corrected chi connectivity index (χ0v) is 20.8. The van der Waals surface area contributed by atoms with E-state index in [4.69, 9.17) is 33.8 Å². The average molecular weight is 456 g/mol. The second kappa shape index (κ2) is 15.6. The highest BCUT2D eigenvalue weighted by Crippen LogP contribution is 2.12. The van der Waals surface area contributed by atoms with E-state index in [-0.39, 0.29) is 5.91 Å². The van der Waals surface area contributed by atoms with Crippen molar-refractivity contribution >= 4 is 33.2 Å². The van der Waals surface area contributed by atoms with Crippen LogP contribution in [0.4, 0.5) is 0 Å². The van der Waals surface area contributed by atoms with Crippen molar-refractivity contribution in [2.75, 3.05) is 45.4 Å². The summed E-state index contributed by atoms with van der Waals surface area (Å²) in [4.78, 5) is 11.6. The van der Waals surface area contributed by atoms with E-state index in [1.807, 2.05) is 20.8 Å². The third-order valence-corrected chi connectivity index (χ3v) is 7.33. The largest absolute Gasteiger partial charge is 0.521 e. The molecular weight excluding hydrogens is 418 g/mol. The lowest BCUT2D eigenvalue weighted by atomic mass is 10.3. The number of hydrogen-bond acceptors (Lipinski definition) is 6. The van der Waals surface area contributed by atoms with Gasteiger partial charge in [0.15, 0.2) is 7.38 Å². The SMILES string of the molecule is C=CCCC(=O)NC[Si](OCC)(OCC)OCC.C[Si](C)(Cl)COCC1CO1. The molecule has 0 saturated carbocycles. The normalized spacial score (nSPS) is 16.1. The monoisotopic (exact) mass is 455 g/mol. The number of carbonyl (C=O) groups is 1. The van der Waals surface area contributed by atoms with E-state index in [2.05, 4.69) is 25.0 Å². The molecule has 1 N–H and O–H groups in total. The third kappa shape index (κ3) is 15.6. The van der Waals surface area contributed by atoms with Gasteiger partial charge in [0.05, 0.1) is 25.6 Å². The standard InChI is InChI=1S/C12H25NO4Si.C6H13ClO2Si/c1-5-9-10-12(14)13-11-18(15-6-2,16-7-3)17-8-4;1-10(2,7)5-8-3-6-4-9-6/h5H,1,6-11H2,2-4H3,(H,13,14);6H,3-5H2,1-2H3. The highest BCUT2D eigenvalue weighted by molar-refractivity contribution is 7.19. The molecule has 28 heavy (non-hydrogen) atoms. The molecule has 166 valence electrons. The molecule has 7 nitrogen and oxygen atoms in total. The van der Waals surface area contributed by atoms with Crippen molar-refractivity contribution in [1.82, 2.24) is 5.32 Å². The number of rotatable bonds is 15. The molecule has 1 amide bonds. The lowest BCUT2D eigenvalue weighted by Gasteiger charge is -2.28. The first kappa shape index (κ1) is 27.7. The van der Waals surface area contributed by atoms with Crippen molar-refractivity contribution in [2.24, 2.45) is 0 Å². The van der Waals surface area contributed by atoms with Gasteiger partial charge in [-0.3, -0.25) is 4.79 Å². The zero-order chi connectivity index (χ0) is 21.5. The first-order chi connectivity index (χ1) is 13.2. The van der Waals surface area contributed by atoms with Gasteiger partial charge in [-0.1, -0.05) is 19.2 Å². The van der Waals surface area contributed by atoms with Crippen LogP contribution in [0.1, 0.15) is 33.6 Å². The van der Waals surface area contributed by atoms with Gasteiger partial charge in [-0.05, 0) is 27.2 Å². The Morgan fingerprint density at radius 3 is 2.14 bits per heavy atom. The number of epoxide rings is 1. The fraction of sp³-hybridized carbons (Fsp3) is 0.833. The molecule has 1 unspecified atom stereocenters. The first-order valence-corrected chi connectivity index (χ1v) is 16.0. The Hall–Kier alpha value is -0.266. The molecule has 1 rings (SSSR count). The third-order valence-electron chi connectivity index (χ3n) is 3.32. The minimum atomic E-state index is -2.76. The summed E-state index contributed by atoms with van der Waals surface area (Å²) in [5.74, 6) is -0.0362. The van der Waals surface area contributed by atoms with Crippen molar-refractivity contribution < 1.29 is 27.5 Å². The predicted molar refractivity (Wildman–Crippen MR) is 117 cm³/mol. The summed E-state index contributed by atoms with van der Waals surface area (Å²) in [6.45, 7) is 16.5. The van der Waals surface area contributed by atoms with E-state index in [9.17, 15) is 4.79 Å². The van der Waals surface area contributed by atoms with Crippen molar-refractivity contribution in [3.8, 4) is 0 Å². The molecule has 1 fully saturated rings. The zero-order valence-electron chi connectivity index (χ0n) is 18.1. The van der Waals surface area contributed by atoms with Gasteiger partial charge in [-0.25, -0.2) is 0 Å². The fourth-order valence-corrected chi connectivity index (χ4v) is 5.19. The maximum Gasteiger partial charge on any atom is 0.521 e. The number of amides is 1. The lowest BCUT2D eigenvalue weighted by molar-refractivity contribution is -0.121. The van der Waals surface area contributed by atoms with Crippen LogP contribution in [0.2, 0.25) is 13.1 Å². The van der Waals surface area contributed by atoms with E-state index < -0.39 is 16.2 Å². The minimum Gasteiger partial charge on any atom is -0.380 e. The molecule has 1 aliphatic heterocycles. The summed E-state index contributed by atoms with van der Waals surface area (Å²) in [6, 6.07) is 0. The van der Waals surface area contributed by atoms with Gasteiger partial charge >= 0.3 is 8.80 Å². The van der Waals surface area contributed by atoms with Gasteiger partial charge in [-0.15, -0.1) is 6.58 Å². The van der Waals surface area contributed by atoms with Crippen LogP contribution >= 0.6 is 11.1 Å². The minimum absolute atomic E-state index is 0.0362. The Morgan fingerprint density at radius 1 is 1.21 bits per heavy atom. The molecule has 1 saturated heterocycles. The Balaban J connectivity index is 0.000000609. The molecule has 1 atom stereocenters. The number of ether oxygens (including phenoxy) is 2. The topological polar surface area (TPSA) is 78.6 Å². The second-order valence-corrected chi connectivity index (χ2v) is 16.2. The van der Waals surface area contributed by atoms with E-state index in [0.29, 0.717) is 44.9 Å². The van der Waals surface area contributed by atoms with Gasteiger partial charge in [-0.2, -0.15) is 11.1 Å². The fourth-order valence-electron chi connectivity index (χ4n) is 2.06. The number of halogens is 1. The Bertz CT molecular complexity index is 416. The van der Waals surface area contributed by atoms with Gasteiger partial charge in [0.2, 0.25) is 5.91 Å². The van der Waals surface area contributed by atoms with E-state index in [1.54, 1.807) is 6.08 Å². The maximum absolute atomic E-state index is 11.6. The molecule has 0 aromatic rings. The van der Waals surface area contributed by atoms with Gasteiger partial charge in [0.25, 0.3) is 0 Å². The Labute approximate surface area is 177 Å². The van der Waals surface area contributed by atoms with Crippen LogP contribution in [0.3, 0.4) is 0 Å². The maximum atomic E-state index is 11.6. The second-order valence-electron chi connectivity index (χ2n) is 6.78. The van der Waals surface area contributed by atoms with Gasteiger partial charge in [0, 0.05) is 26.2 Å². The molecule has 1 aliphatic rings. The predicted octanol–water partition coefficient (Wildman–Crippen LogP) is 3.04. The van der Waals surface area contributed by atoms with Gasteiger partial charge in [0.1, 0.15) is 6.10 Å². The van der Waals surface area contributed by atoms with Crippen LogP contribution in [-0.4, -0.2) is 73.6 Å². The molecule has 1 heterocycles. The van der Waals surface area contributed by atoms with E-state index in [1.165, 1.54) is 0 Å². The first-order valence-electron chi connectivity index (χ1n) is 9.89. The number of carbonyl (C=O) groups excluding carboxylic acids is 1. The van der Waals surface area contributed by atoms with Crippen LogP contribution in [0.5, 0.6) is 0 Å². The highest BCUT2D eigenvalue weighted by Gasteiger charge is 2.40. The Kier molecular flexibility index (Phi) is 15.4. The molecule has 0 bridgehead atoms. The molecule has 0 aliphatic carbocycles. The van der Waals surface area contributed by atoms with Crippen LogP contribution < -0.4 is 5.32 Å². The summed E-state index contributed by atoms with van der Waals surface area (Å²) in [6.07, 6.45) is 4.23. The van der Waals surface area contributed by atoms with Crippen LogP contribution in [-0.2, 0) is 27.5 Å². The lowest BCUT2D eigenvalue weighted by Crippen LogP contribution is -2.55. The van der Waals surface area contributed by atoms with Crippen molar-refractivity contribution in [2.45, 2.75) is 52.8 Å². The summed E-state index contributed by atoms with van der Waals surface area (Å²) in [7, 11) is -4.26. The van der Waals surface area contributed by atoms with Crippen molar-refractivity contribution in [3.05, 3.63) is 12.7 Å². The smallest absolute Gasteiger partial charge is 0.380 e. The number of allylic oxidation sites excluding steroid dienone is 1. The average Bonchev–Trinajstić information content (AvgIpc) is 3.43.